The maximum absolute atomic E-state index is 14.6. The molecule has 2 heterocycles. The van der Waals surface area contributed by atoms with Crippen molar-refractivity contribution in [2.75, 3.05) is 26.7 Å². The van der Waals surface area contributed by atoms with Gasteiger partial charge in [0.05, 0.1) is 18.7 Å². The SMILES string of the molecule is CCCCCCON(C(=O)[C@@H](NC(=O)[C@H]1CCCCN1C)[C@@H](C)CC)[C@H](C[C@@H](OC(=O)NCCCC)c1nc(C(=O)O)cs1)C(C)C.O=C(O)C(F)(F)F. The Bertz CT molecular complexity index is 1320. The number of aromatic carboxylic acids is 1. The second-order valence-corrected chi connectivity index (χ2v) is 14.7. The summed E-state index contributed by atoms with van der Waals surface area (Å²) in [6.45, 7) is 13.6. The van der Waals surface area contributed by atoms with Gasteiger partial charge in [-0.15, -0.1) is 11.3 Å². The summed E-state index contributed by atoms with van der Waals surface area (Å²) in [5.41, 5.74) is -0.140. The van der Waals surface area contributed by atoms with E-state index in [4.69, 9.17) is 19.5 Å². The first-order valence-corrected chi connectivity index (χ1v) is 19.7. The number of nitrogens with one attached hydrogen (secondary N) is 2. The van der Waals surface area contributed by atoms with Crippen molar-refractivity contribution in [2.24, 2.45) is 11.8 Å². The lowest BCUT2D eigenvalue weighted by atomic mass is 9.93. The number of thiazole rings is 1. The van der Waals surface area contributed by atoms with Crippen molar-refractivity contribution in [3.8, 4) is 0 Å². The fraction of sp³-hybridized carbons (Fsp3) is 0.778. The van der Waals surface area contributed by atoms with Crippen LogP contribution in [0.3, 0.4) is 0 Å². The summed E-state index contributed by atoms with van der Waals surface area (Å²) in [7, 11) is 1.94. The van der Waals surface area contributed by atoms with Gasteiger partial charge in [0.2, 0.25) is 5.91 Å². The van der Waals surface area contributed by atoms with Gasteiger partial charge in [0.15, 0.2) is 11.8 Å². The van der Waals surface area contributed by atoms with Crippen molar-refractivity contribution >= 4 is 41.2 Å². The summed E-state index contributed by atoms with van der Waals surface area (Å²) in [6, 6.07) is -1.71. The second-order valence-electron chi connectivity index (χ2n) is 13.8. The number of nitrogens with zero attached hydrogens (tertiary/aromatic N) is 3. The number of carboxylic acids is 2. The van der Waals surface area contributed by atoms with Gasteiger partial charge < -0.3 is 25.6 Å². The summed E-state index contributed by atoms with van der Waals surface area (Å²) < 4.78 is 37.6. The zero-order valence-corrected chi connectivity index (χ0v) is 33.4. The minimum absolute atomic E-state index is 0.124. The number of alkyl carbamates (subject to hydrolysis) is 1. The van der Waals surface area contributed by atoms with E-state index in [1.54, 1.807) is 0 Å². The maximum Gasteiger partial charge on any atom is 0.490 e. The Morgan fingerprint density at radius 1 is 1.04 bits per heavy atom. The number of aromatic nitrogens is 1. The summed E-state index contributed by atoms with van der Waals surface area (Å²) in [5, 5.41) is 25.6. The topological polar surface area (TPSA) is 188 Å². The monoisotopic (exact) mass is 795 g/mol. The van der Waals surface area contributed by atoms with Gasteiger partial charge in [-0.05, 0) is 51.1 Å². The van der Waals surface area contributed by atoms with Gasteiger partial charge in [-0.3, -0.25) is 19.3 Å². The molecule has 1 aromatic rings. The standard InChI is InChI=1S/C34H59N5O7S.C2HF3O2/c1-8-11-13-16-20-45-39(32(41)29(24(6)10-3)37-30(40)26-17-14-15-19-38(26)7)27(23(4)5)21-28(46-34(44)35-18-12-9-2)31-36-25(22-47-31)33(42)43;3-2(4,5)1(6)7/h22-24,26-29H,8-21H2,1-7H3,(H,35,44)(H,37,40)(H,42,43);(H,6,7)/t24-,26+,27+,28+,29-;/m0./s1. The number of hydrogen-bond acceptors (Lipinski definition) is 10. The molecule has 1 aromatic heterocycles. The number of likely N-dealkylation sites (tertiary alicyclic amines) is 1. The normalized spacial score (nSPS) is 17.0. The van der Waals surface area contributed by atoms with Crippen molar-refractivity contribution in [1.29, 1.82) is 0 Å². The lowest BCUT2D eigenvalue weighted by Crippen LogP contribution is -2.58. The molecule has 0 aliphatic carbocycles. The Morgan fingerprint density at radius 3 is 2.20 bits per heavy atom. The third-order valence-electron chi connectivity index (χ3n) is 9.13. The highest BCUT2D eigenvalue weighted by molar-refractivity contribution is 7.09. The van der Waals surface area contributed by atoms with Crippen molar-refractivity contribution in [3.05, 3.63) is 16.1 Å². The summed E-state index contributed by atoms with van der Waals surface area (Å²) in [6.07, 6.45) is 2.34. The number of ether oxygens (including phenoxy) is 1. The molecule has 0 spiro atoms. The van der Waals surface area contributed by atoms with E-state index in [9.17, 15) is 37.5 Å². The molecule has 1 aliphatic rings. The molecule has 5 atom stereocenters. The van der Waals surface area contributed by atoms with Gasteiger partial charge in [0, 0.05) is 18.3 Å². The molecule has 310 valence electrons. The van der Waals surface area contributed by atoms with Crippen LogP contribution in [0.2, 0.25) is 0 Å². The lowest BCUT2D eigenvalue weighted by molar-refractivity contribution is -0.212. The fourth-order valence-electron chi connectivity index (χ4n) is 5.62. The molecule has 14 nitrogen and oxygen atoms in total. The number of alkyl halides is 3. The number of aliphatic carboxylic acids is 1. The van der Waals surface area contributed by atoms with E-state index in [1.165, 1.54) is 10.4 Å². The van der Waals surface area contributed by atoms with E-state index in [0.29, 0.717) is 24.6 Å². The highest BCUT2D eigenvalue weighted by atomic mass is 32.1. The summed E-state index contributed by atoms with van der Waals surface area (Å²) in [5.74, 6) is -4.77. The molecular formula is C36H60F3N5O9S. The van der Waals surface area contributed by atoms with Crippen LogP contribution in [0, 0.1) is 11.8 Å². The van der Waals surface area contributed by atoms with E-state index in [0.717, 1.165) is 75.7 Å². The Morgan fingerprint density at radius 2 is 1.69 bits per heavy atom. The summed E-state index contributed by atoms with van der Waals surface area (Å²) in [4.78, 5) is 74.2. The largest absolute Gasteiger partial charge is 0.490 e. The van der Waals surface area contributed by atoms with Gasteiger partial charge in [0.1, 0.15) is 11.0 Å². The Kier molecular flexibility index (Phi) is 22.3. The molecule has 0 aromatic carbocycles. The van der Waals surface area contributed by atoms with Crippen molar-refractivity contribution < 1.29 is 56.9 Å². The number of carbonyl (C=O) groups is 5. The number of rotatable bonds is 21. The van der Waals surface area contributed by atoms with Crippen molar-refractivity contribution in [2.45, 2.75) is 143 Å². The van der Waals surface area contributed by atoms with Crippen LogP contribution >= 0.6 is 11.3 Å². The molecule has 0 bridgehead atoms. The maximum atomic E-state index is 14.6. The molecule has 18 heteroatoms. The average molecular weight is 796 g/mol. The third kappa shape index (κ3) is 16.9. The van der Waals surface area contributed by atoms with Crippen LogP contribution in [-0.4, -0.2) is 106 Å². The van der Waals surface area contributed by atoms with E-state index in [2.05, 4.69) is 22.5 Å². The Hall–Kier alpha value is -3.51. The predicted molar refractivity (Wildman–Crippen MR) is 197 cm³/mol. The highest BCUT2D eigenvalue weighted by Gasteiger charge is 2.40. The Labute approximate surface area is 320 Å². The molecule has 4 N–H and O–H groups in total. The Balaban J connectivity index is 0.00000189. The minimum atomic E-state index is -5.08. The van der Waals surface area contributed by atoms with Crippen LogP contribution in [0.15, 0.2) is 5.38 Å². The number of hydrogen-bond donors (Lipinski definition) is 4. The third-order valence-corrected chi connectivity index (χ3v) is 10.1. The van der Waals surface area contributed by atoms with Gasteiger partial charge in [-0.2, -0.15) is 13.2 Å². The number of carboxylic acid groups (broad SMARTS) is 2. The van der Waals surface area contributed by atoms with E-state index in [-0.39, 0.29) is 41.8 Å². The quantitative estimate of drug-likeness (QED) is 0.0756. The number of likely N-dealkylation sites (N-methyl/N-ethyl adjacent to an activating group) is 1. The smallest absolute Gasteiger partial charge is 0.476 e. The number of carbonyl (C=O) groups excluding carboxylic acids is 3. The molecule has 1 fully saturated rings. The molecule has 3 amide bonds. The summed E-state index contributed by atoms with van der Waals surface area (Å²) >= 11 is 1.09. The number of hydroxylamine groups is 2. The second kappa shape index (κ2) is 24.8. The fourth-order valence-corrected chi connectivity index (χ4v) is 6.45. The van der Waals surface area contributed by atoms with E-state index >= 15 is 0 Å². The first-order chi connectivity index (χ1) is 25.4. The van der Waals surface area contributed by atoms with Crippen LogP contribution in [0.1, 0.15) is 134 Å². The predicted octanol–water partition coefficient (Wildman–Crippen LogP) is 6.81. The van der Waals surface area contributed by atoms with Crippen LogP contribution in [0.25, 0.3) is 0 Å². The zero-order valence-electron chi connectivity index (χ0n) is 32.6. The van der Waals surface area contributed by atoms with Crippen LogP contribution in [0.4, 0.5) is 18.0 Å². The molecule has 1 aliphatic heterocycles. The molecule has 0 saturated carbocycles. The molecule has 2 rings (SSSR count). The van der Waals surface area contributed by atoms with Crippen LogP contribution in [0.5, 0.6) is 0 Å². The molecule has 0 radical (unpaired) electrons. The molecule has 54 heavy (non-hydrogen) atoms. The number of amides is 3. The zero-order chi connectivity index (χ0) is 41.0. The van der Waals surface area contributed by atoms with Gasteiger partial charge in [-0.1, -0.05) is 80.1 Å². The molecule has 0 unspecified atom stereocenters. The lowest BCUT2D eigenvalue weighted by Gasteiger charge is -2.39. The van der Waals surface area contributed by atoms with Gasteiger partial charge in [0.25, 0.3) is 5.91 Å². The van der Waals surface area contributed by atoms with Crippen molar-refractivity contribution in [3.63, 3.8) is 0 Å². The number of piperidine rings is 1. The van der Waals surface area contributed by atoms with E-state index < -0.39 is 42.4 Å². The van der Waals surface area contributed by atoms with Crippen LogP contribution in [-0.2, 0) is 24.0 Å². The van der Waals surface area contributed by atoms with Gasteiger partial charge in [-0.25, -0.2) is 24.4 Å². The molecule has 1 saturated heterocycles. The first kappa shape index (κ1) is 48.5. The number of unbranched alkanes of at least 4 members (excludes halogenated alkanes) is 4. The average Bonchev–Trinajstić information content (AvgIpc) is 3.61. The molecular weight excluding hydrogens is 735 g/mol. The van der Waals surface area contributed by atoms with Gasteiger partial charge >= 0.3 is 24.2 Å². The first-order valence-electron chi connectivity index (χ1n) is 18.8. The number of halogens is 3. The van der Waals surface area contributed by atoms with Crippen LogP contribution < -0.4 is 10.6 Å². The highest BCUT2D eigenvalue weighted by Crippen LogP contribution is 2.32. The van der Waals surface area contributed by atoms with Crippen molar-refractivity contribution in [1.82, 2.24) is 25.6 Å². The minimum Gasteiger partial charge on any atom is -0.476 e. The van der Waals surface area contributed by atoms with E-state index in [1.807, 2.05) is 46.6 Å².